The Labute approximate surface area is 173 Å². The van der Waals surface area contributed by atoms with Gasteiger partial charge in [-0.15, -0.1) is 0 Å². The number of benzene rings is 1. The molecule has 1 aromatic rings. The van der Waals surface area contributed by atoms with Gasteiger partial charge in [0.1, 0.15) is 11.5 Å². The fraction of sp³-hybridized carbons (Fsp3) is 0.652. The Morgan fingerprint density at radius 3 is 2.48 bits per heavy atom. The molecule has 0 radical (unpaired) electrons. The third-order valence-electron chi connectivity index (χ3n) is 5.01. The molecule has 1 aliphatic heterocycles. The zero-order valence-electron chi connectivity index (χ0n) is 18.2. The van der Waals surface area contributed by atoms with Crippen LogP contribution in [0, 0.1) is 0 Å². The average Bonchev–Trinajstić information content (AvgIpc) is 2.93. The Hall–Kier alpha value is -2.08. The maximum absolute atomic E-state index is 12.2. The van der Waals surface area contributed by atoms with Gasteiger partial charge in [0.2, 0.25) is 0 Å². The van der Waals surface area contributed by atoms with Crippen molar-refractivity contribution in [2.75, 3.05) is 6.61 Å². The van der Waals surface area contributed by atoms with E-state index in [1.807, 2.05) is 20.8 Å². The number of carbonyl (C=O) groups is 2. The first-order valence-corrected chi connectivity index (χ1v) is 10.6. The average molecular weight is 407 g/mol. The molecular formula is C23H34O6. The highest BCUT2D eigenvalue weighted by molar-refractivity contribution is 5.85. The van der Waals surface area contributed by atoms with Crippen LogP contribution in [0.15, 0.2) is 12.1 Å². The summed E-state index contributed by atoms with van der Waals surface area (Å²) < 4.78 is 16.3. The summed E-state index contributed by atoms with van der Waals surface area (Å²) in [4.78, 5) is 24.0. The third kappa shape index (κ3) is 6.20. The number of aliphatic hydroxyl groups is 1. The van der Waals surface area contributed by atoms with E-state index in [1.165, 1.54) is 19.3 Å². The van der Waals surface area contributed by atoms with Crippen molar-refractivity contribution in [3.05, 3.63) is 23.3 Å². The van der Waals surface area contributed by atoms with Crippen LogP contribution in [-0.4, -0.2) is 29.8 Å². The predicted octanol–water partition coefficient (Wildman–Crippen LogP) is 4.61. The number of esters is 2. The van der Waals surface area contributed by atoms with Gasteiger partial charge in [-0.25, -0.2) is 9.59 Å². The van der Waals surface area contributed by atoms with E-state index in [0.29, 0.717) is 23.7 Å². The second-order valence-electron chi connectivity index (χ2n) is 8.66. The summed E-state index contributed by atoms with van der Waals surface area (Å²) >= 11 is 0. The number of ether oxygens (including phenoxy) is 3. The maximum atomic E-state index is 12.2. The van der Waals surface area contributed by atoms with Crippen LogP contribution in [-0.2, 0) is 19.7 Å². The summed E-state index contributed by atoms with van der Waals surface area (Å²) in [6.07, 6.45) is 4.59. The van der Waals surface area contributed by atoms with Gasteiger partial charge in [0.05, 0.1) is 6.61 Å². The number of aliphatic hydroxyl groups excluding tert-OH is 1. The molecule has 0 fully saturated rings. The van der Waals surface area contributed by atoms with Gasteiger partial charge in [0.25, 0.3) is 0 Å². The minimum Gasteiger partial charge on any atom is -0.479 e. The highest BCUT2D eigenvalue weighted by atomic mass is 16.6. The summed E-state index contributed by atoms with van der Waals surface area (Å²) in [5, 5.41) is 10.1. The van der Waals surface area contributed by atoms with Gasteiger partial charge in [-0.1, -0.05) is 59.8 Å². The molecular weight excluding hydrogens is 372 g/mol. The first kappa shape index (κ1) is 23.2. The van der Waals surface area contributed by atoms with E-state index in [0.717, 1.165) is 24.8 Å². The van der Waals surface area contributed by atoms with Crippen molar-refractivity contribution in [1.29, 1.82) is 0 Å². The van der Waals surface area contributed by atoms with Gasteiger partial charge in [-0.2, -0.15) is 0 Å². The van der Waals surface area contributed by atoms with Crippen LogP contribution in [0.2, 0.25) is 0 Å². The molecule has 0 saturated heterocycles. The summed E-state index contributed by atoms with van der Waals surface area (Å²) in [7, 11) is 0. The summed E-state index contributed by atoms with van der Waals surface area (Å²) in [5.74, 6) is -0.353. The zero-order chi connectivity index (χ0) is 21.6. The molecule has 0 saturated carbocycles. The molecule has 0 amide bonds. The molecule has 1 N–H and O–H groups in total. The highest BCUT2D eigenvalue weighted by Crippen LogP contribution is 2.44. The van der Waals surface area contributed by atoms with Gasteiger partial charge in [-0.3, -0.25) is 0 Å². The van der Waals surface area contributed by atoms with Crippen molar-refractivity contribution in [2.45, 2.75) is 90.8 Å². The maximum Gasteiger partial charge on any atom is 0.347 e. The van der Waals surface area contributed by atoms with E-state index in [2.05, 4.69) is 6.92 Å². The van der Waals surface area contributed by atoms with Crippen molar-refractivity contribution >= 4 is 11.9 Å². The molecule has 0 bridgehead atoms. The molecule has 29 heavy (non-hydrogen) atoms. The second-order valence-corrected chi connectivity index (χ2v) is 8.66. The fourth-order valence-corrected chi connectivity index (χ4v) is 3.27. The van der Waals surface area contributed by atoms with Crippen LogP contribution in [0.5, 0.6) is 11.5 Å². The molecule has 1 aromatic carbocycles. The quantitative estimate of drug-likeness (QED) is 0.347. The number of carbonyl (C=O) groups excluding carboxylic acids is 2. The Bertz CT molecular complexity index is 719. The van der Waals surface area contributed by atoms with Crippen LogP contribution >= 0.6 is 0 Å². The first-order valence-electron chi connectivity index (χ1n) is 10.6. The van der Waals surface area contributed by atoms with Crippen molar-refractivity contribution in [3.63, 3.8) is 0 Å². The van der Waals surface area contributed by atoms with E-state index < -0.39 is 24.1 Å². The van der Waals surface area contributed by atoms with Crippen LogP contribution in [0.25, 0.3) is 0 Å². The molecule has 6 nitrogen and oxygen atoms in total. The molecule has 162 valence electrons. The molecule has 6 heteroatoms. The lowest BCUT2D eigenvalue weighted by Crippen LogP contribution is -2.26. The van der Waals surface area contributed by atoms with E-state index in [9.17, 15) is 14.7 Å². The van der Waals surface area contributed by atoms with E-state index in [1.54, 1.807) is 19.1 Å². The monoisotopic (exact) mass is 406 g/mol. The Kier molecular flexibility index (Phi) is 8.08. The van der Waals surface area contributed by atoms with Gasteiger partial charge in [0.15, 0.2) is 12.2 Å². The van der Waals surface area contributed by atoms with E-state index >= 15 is 0 Å². The lowest BCUT2D eigenvalue weighted by molar-refractivity contribution is -0.151. The highest BCUT2D eigenvalue weighted by Gasteiger charge is 2.37. The summed E-state index contributed by atoms with van der Waals surface area (Å²) in [5.41, 5.74) is 0.766. The van der Waals surface area contributed by atoms with Crippen molar-refractivity contribution in [1.82, 2.24) is 0 Å². The molecule has 2 rings (SSSR count). The molecule has 0 aliphatic carbocycles. The number of hydrogen-bond donors (Lipinski definition) is 1. The fourth-order valence-electron chi connectivity index (χ4n) is 3.27. The number of fused-ring (bicyclic) bond motifs is 1. The predicted molar refractivity (Wildman–Crippen MR) is 110 cm³/mol. The Balaban J connectivity index is 1.97. The Morgan fingerprint density at radius 1 is 1.17 bits per heavy atom. The minimum atomic E-state index is -1.34. The molecule has 0 aromatic heterocycles. The number of hydrogen-bond acceptors (Lipinski definition) is 6. The summed E-state index contributed by atoms with van der Waals surface area (Å²) in [6.45, 7) is 10.1. The van der Waals surface area contributed by atoms with Gasteiger partial charge in [-0.05, 0) is 30.9 Å². The normalized spacial score (nSPS) is 16.9. The standard InChI is InChI=1S/C23H34O6/c1-6-7-8-9-10-11-12-27-21(25)15(2)28-16-13-17-19(24)22(26)29-20(17)18(14-16)23(3,4)5/h13-15,19,24H,6-12H2,1-5H3. The molecule has 1 heterocycles. The van der Waals surface area contributed by atoms with Crippen LogP contribution in [0.1, 0.15) is 90.4 Å². The second kappa shape index (κ2) is 10.1. The zero-order valence-corrected chi connectivity index (χ0v) is 18.2. The van der Waals surface area contributed by atoms with Gasteiger partial charge in [0, 0.05) is 11.1 Å². The van der Waals surface area contributed by atoms with E-state index in [-0.39, 0.29) is 5.41 Å². The number of unbranched alkanes of at least 4 members (excludes halogenated alkanes) is 5. The molecule has 0 spiro atoms. The lowest BCUT2D eigenvalue weighted by atomic mass is 9.85. The van der Waals surface area contributed by atoms with Crippen LogP contribution in [0.3, 0.4) is 0 Å². The van der Waals surface area contributed by atoms with Crippen molar-refractivity contribution in [2.24, 2.45) is 0 Å². The topological polar surface area (TPSA) is 82.1 Å². The molecule has 2 atom stereocenters. The van der Waals surface area contributed by atoms with Gasteiger partial charge >= 0.3 is 11.9 Å². The number of rotatable bonds is 10. The molecule has 1 aliphatic rings. The van der Waals surface area contributed by atoms with Crippen molar-refractivity contribution in [3.8, 4) is 11.5 Å². The smallest absolute Gasteiger partial charge is 0.347 e. The Morgan fingerprint density at radius 2 is 1.83 bits per heavy atom. The van der Waals surface area contributed by atoms with Crippen LogP contribution in [0.4, 0.5) is 0 Å². The summed E-state index contributed by atoms with van der Waals surface area (Å²) in [6, 6.07) is 3.30. The molecule has 2 unspecified atom stereocenters. The van der Waals surface area contributed by atoms with Gasteiger partial charge < -0.3 is 19.3 Å². The van der Waals surface area contributed by atoms with Crippen LogP contribution < -0.4 is 9.47 Å². The SMILES string of the molecule is CCCCCCCCOC(=O)C(C)Oc1cc2c(c(C(C)(C)C)c1)OC(=O)C2O. The largest absolute Gasteiger partial charge is 0.479 e. The van der Waals surface area contributed by atoms with E-state index in [4.69, 9.17) is 14.2 Å². The minimum absolute atomic E-state index is 0.338. The lowest BCUT2D eigenvalue weighted by Gasteiger charge is -2.23. The third-order valence-corrected chi connectivity index (χ3v) is 5.01. The van der Waals surface area contributed by atoms with Crippen molar-refractivity contribution < 1.29 is 28.9 Å². The first-order chi connectivity index (χ1) is 13.6.